The summed E-state index contributed by atoms with van der Waals surface area (Å²) < 4.78 is 24.9. The summed E-state index contributed by atoms with van der Waals surface area (Å²) in [7, 11) is 0. The van der Waals surface area contributed by atoms with E-state index in [2.05, 4.69) is 4.98 Å². The molecule has 12 heavy (non-hydrogen) atoms. The summed E-state index contributed by atoms with van der Waals surface area (Å²) in [6.07, 6.45) is -1.09. The zero-order valence-electron chi connectivity index (χ0n) is 5.80. The van der Waals surface area contributed by atoms with E-state index in [1.165, 1.54) is 6.07 Å². The molecule has 64 valence electrons. The van der Waals surface area contributed by atoms with Gasteiger partial charge in [-0.05, 0) is 28.7 Å². The van der Waals surface area contributed by atoms with E-state index in [1.807, 2.05) is 22.6 Å². The summed E-state index contributed by atoms with van der Waals surface area (Å²) in [6, 6.07) is 1.20. The number of aldehydes is 1. The molecule has 0 aliphatic rings. The number of aromatic nitrogens is 1. The van der Waals surface area contributed by atoms with Crippen molar-refractivity contribution < 1.29 is 13.6 Å². The van der Waals surface area contributed by atoms with Crippen molar-refractivity contribution in [2.24, 2.45) is 0 Å². The molecule has 0 aliphatic carbocycles. The van der Waals surface area contributed by atoms with Gasteiger partial charge in [0, 0.05) is 17.3 Å². The lowest BCUT2D eigenvalue weighted by Crippen LogP contribution is -1.95. The van der Waals surface area contributed by atoms with Gasteiger partial charge in [-0.25, -0.2) is 13.8 Å². The van der Waals surface area contributed by atoms with Gasteiger partial charge in [0.05, 0.1) is 0 Å². The molecule has 0 fully saturated rings. The summed E-state index contributed by atoms with van der Waals surface area (Å²) in [5.74, 6) is 0. The van der Waals surface area contributed by atoms with Crippen LogP contribution in [0, 0.1) is 3.70 Å². The molecule has 0 unspecified atom stereocenters. The van der Waals surface area contributed by atoms with Crippen molar-refractivity contribution in [2.45, 2.75) is 6.43 Å². The van der Waals surface area contributed by atoms with Gasteiger partial charge in [0.15, 0.2) is 6.29 Å². The first-order valence-corrected chi connectivity index (χ1v) is 4.12. The molecule has 0 atom stereocenters. The monoisotopic (exact) mass is 283 g/mol. The minimum Gasteiger partial charge on any atom is -0.298 e. The molecule has 0 bridgehead atoms. The van der Waals surface area contributed by atoms with Crippen molar-refractivity contribution in [3.05, 3.63) is 27.1 Å². The highest BCUT2D eigenvalue weighted by atomic mass is 127. The Bertz CT molecular complexity index is 303. The lowest BCUT2D eigenvalue weighted by molar-refractivity contribution is 0.110. The van der Waals surface area contributed by atoms with Gasteiger partial charge in [-0.15, -0.1) is 0 Å². The first-order chi connectivity index (χ1) is 5.65. The fraction of sp³-hybridized carbons (Fsp3) is 0.143. The lowest BCUT2D eigenvalue weighted by Gasteiger charge is -2.02. The number of nitrogens with zero attached hydrogens (tertiary/aromatic N) is 1. The van der Waals surface area contributed by atoms with E-state index >= 15 is 0 Å². The fourth-order valence-electron chi connectivity index (χ4n) is 0.742. The third kappa shape index (κ3) is 1.96. The largest absolute Gasteiger partial charge is 0.298 e. The van der Waals surface area contributed by atoms with Crippen LogP contribution in [-0.2, 0) is 0 Å². The molecule has 1 aromatic rings. The molecule has 1 rings (SSSR count). The van der Waals surface area contributed by atoms with Gasteiger partial charge in [-0.1, -0.05) is 0 Å². The summed E-state index contributed by atoms with van der Waals surface area (Å²) in [6.45, 7) is 0. The number of pyridine rings is 1. The van der Waals surface area contributed by atoms with Crippen LogP contribution in [0.1, 0.15) is 22.3 Å². The maximum Gasteiger partial charge on any atom is 0.264 e. The van der Waals surface area contributed by atoms with Crippen molar-refractivity contribution >= 4 is 28.9 Å². The average Bonchev–Trinajstić information content (AvgIpc) is 2.04. The van der Waals surface area contributed by atoms with Gasteiger partial charge in [-0.2, -0.15) is 0 Å². The number of hydrogen-bond acceptors (Lipinski definition) is 2. The van der Waals surface area contributed by atoms with E-state index in [4.69, 9.17) is 0 Å². The Balaban J connectivity index is 3.21. The molecule has 1 aromatic heterocycles. The molecule has 0 N–H and O–H groups in total. The molecule has 0 amide bonds. The second-order valence-electron chi connectivity index (χ2n) is 2.05. The highest BCUT2D eigenvalue weighted by Crippen LogP contribution is 2.22. The number of halogens is 3. The number of rotatable bonds is 2. The Morgan fingerprint density at radius 3 is 2.75 bits per heavy atom. The zero-order chi connectivity index (χ0) is 9.14. The molecule has 5 heteroatoms. The van der Waals surface area contributed by atoms with Crippen molar-refractivity contribution in [3.8, 4) is 0 Å². The molecular formula is C7H4F2INO. The molecule has 0 aliphatic heterocycles. The van der Waals surface area contributed by atoms with E-state index < -0.39 is 6.43 Å². The molecule has 2 nitrogen and oxygen atoms in total. The standard InChI is InChI=1S/C7H4F2INO/c8-7(9)5-1-6(10)11-2-4(5)3-12/h1-3,7H. The molecule has 0 radical (unpaired) electrons. The topological polar surface area (TPSA) is 30.0 Å². The molecule has 0 spiro atoms. The minimum absolute atomic E-state index is 0.0505. The molecule has 0 saturated heterocycles. The van der Waals surface area contributed by atoms with E-state index in [9.17, 15) is 13.6 Å². The first-order valence-electron chi connectivity index (χ1n) is 3.04. The number of hydrogen-bond donors (Lipinski definition) is 0. The van der Waals surface area contributed by atoms with Crippen LogP contribution < -0.4 is 0 Å². The summed E-state index contributed by atoms with van der Waals surface area (Å²) in [5, 5.41) is 0. The molecular weight excluding hydrogens is 279 g/mol. The predicted molar refractivity (Wildman–Crippen MR) is 47.3 cm³/mol. The predicted octanol–water partition coefficient (Wildman–Crippen LogP) is 2.44. The Morgan fingerprint density at radius 2 is 2.25 bits per heavy atom. The maximum atomic E-state index is 12.2. The van der Waals surface area contributed by atoms with Crippen LogP contribution in [0.5, 0.6) is 0 Å². The van der Waals surface area contributed by atoms with Crippen molar-refractivity contribution in [2.75, 3.05) is 0 Å². The number of alkyl halides is 2. The third-order valence-corrected chi connectivity index (χ3v) is 1.89. The van der Waals surface area contributed by atoms with Crippen LogP contribution in [0.3, 0.4) is 0 Å². The van der Waals surface area contributed by atoms with Crippen molar-refractivity contribution in [1.82, 2.24) is 4.98 Å². The van der Waals surface area contributed by atoms with Gasteiger partial charge >= 0.3 is 0 Å². The smallest absolute Gasteiger partial charge is 0.264 e. The molecule has 1 heterocycles. The Morgan fingerprint density at radius 1 is 1.58 bits per heavy atom. The van der Waals surface area contributed by atoms with Crippen LogP contribution in [0.2, 0.25) is 0 Å². The minimum atomic E-state index is -2.62. The zero-order valence-corrected chi connectivity index (χ0v) is 7.96. The van der Waals surface area contributed by atoms with E-state index in [0.29, 0.717) is 9.99 Å². The highest BCUT2D eigenvalue weighted by Gasteiger charge is 2.12. The maximum absolute atomic E-state index is 12.2. The van der Waals surface area contributed by atoms with Gasteiger partial charge in [0.25, 0.3) is 6.43 Å². The van der Waals surface area contributed by atoms with Crippen LogP contribution in [0.4, 0.5) is 8.78 Å². The van der Waals surface area contributed by atoms with Crippen LogP contribution in [0.25, 0.3) is 0 Å². The second-order valence-corrected chi connectivity index (χ2v) is 3.16. The van der Waals surface area contributed by atoms with E-state index in [0.717, 1.165) is 6.20 Å². The normalized spacial score (nSPS) is 10.3. The van der Waals surface area contributed by atoms with Crippen molar-refractivity contribution in [3.63, 3.8) is 0 Å². The lowest BCUT2D eigenvalue weighted by atomic mass is 10.2. The van der Waals surface area contributed by atoms with Crippen molar-refractivity contribution in [1.29, 1.82) is 0 Å². The van der Waals surface area contributed by atoms with E-state index in [1.54, 1.807) is 0 Å². The summed E-state index contributed by atoms with van der Waals surface area (Å²) in [4.78, 5) is 14.0. The van der Waals surface area contributed by atoms with Crippen LogP contribution >= 0.6 is 22.6 Å². The third-order valence-electron chi connectivity index (χ3n) is 1.30. The van der Waals surface area contributed by atoms with E-state index in [-0.39, 0.29) is 11.1 Å². The SMILES string of the molecule is O=Cc1cnc(I)cc1C(F)F. The second kappa shape index (κ2) is 3.88. The average molecular weight is 283 g/mol. The number of carbonyl (C=O) groups excluding carboxylic acids is 1. The summed E-state index contributed by atoms with van der Waals surface area (Å²) >= 11 is 1.81. The van der Waals surface area contributed by atoms with Crippen LogP contribution in [-0.4, -0.2) is 11.3 Å². The molecule has 0 aromatic carbocycles. The quantitative estimate of drug-likeness (QED) is 0.474. The Kier molecular flexibility index (Phi) is 3.07. The Hall–Kier alpha value is -0.590. The van der Waals surface area contributed by atoms with Gasteiger partial charge in [0.2, 0.25) is 0 Å². The van der Waals surface area contributed by atoms with Gasteiger partial charge < -0.3 is 0 Å². The summed E-state index contributed by atoms with van der Waals surface area (Å²) in [5.41, 5.74) is -0.310. The fourth-order valence-corrected chi connectivity index (χ4v) is 1.22. The van der Waals surface area contributed by atoms with Gasteiger partial charge in [-0.3, -0.25) is 4.79 Å². The Labute approximate surface area is 81.1 Å². The number of carbonyl (C=O) groups is 1. The first kappa shape index (κ1) is 9.50. The highest BCUT2D eigenvalue weighted by molar-refractivity contribution is 14.1. The van der Waals surface area contributed by atoms with Gasteiger partial charge in [0.1, 0.15) is 3.70 Å². The molecule has 0 saturated carbocycles. The van der Waals surface area contributed by atoms with Crippen LogP contribution in [0.15, 0.2) is 12.3 Å².